The van der Waals surface area contributed by atoms with E-state index < -0.39 is 5.97 Å². The number of nitrogens with one attached hydrogen (secondary N) is 1. The normalized spacial score (nSPS) is 10.7. The fourth-order valence-corrected chi connectivity index (χ4v) is 2.52. The highest BCUT2D eigenvalue weighted by atomic mass is 32.2. The van der Waals surface area contributed by atoms with E-state index in [0.717, 1.165) is 10.6 Å². The van der Waals surface area contributed by atoms with Crippen LogP contribution in [-0.2, 0) is 4.74 Å². The molecule has 7 nitrogen and oxygen atoms in total. The van der Waals surface area contributed by atoms with E-state index in [1.54, 1.807) is 18.7 Å². The minimum atomic E-state index is -0.568. The Bertz CT molecular complexity index is 850. The van der Waals surface area contributed by atoms with Crippen LogP contribution >= 0.6 is 11.8 Å². The molecule has 0 aliphatic rings. The molecule has 3 rings (SSSR count). The van der Waals surface area contributed by atoms with Gasteiger partial charge in [0.25, 0.3) is 5.71 Å². The standard InChI is InChI=1S/C15H14N4O3S/c1-3-21-15(20)12-11-13(16-8-17-14(11)22-19-12)18-9-5-4-6-10(7-9)23-2/h4-8H,3H2,1-2H3,(H,16,17,18). The Kier molecular flexibility index (Phi) is 4.42. The molecule has 0 saturated carbocycles. The second-order valence-corrected chi connectivity index (χ2v) is 5.39. The number of anilines is 2. The number of hydrogen-bond donors (Lipinski definition) is 1. The van der Waals surface area contributed by atoms with Crippen molar-refractivity contribution in [3.05, 3.63) is 36.3 Å². The molecule has 8 heteroatoms. The number of fused-ring (bicyclic) bond motifs is 1. The second-order valence-electron chi connectivity index (χ2n) is 4.51. The molecule has 0 aliphatic carbocycles. The molecular formula is C15H14N4O3S. The summed E-state index contributed by atoms with van der Waals surface area (Å²) >= 11 is 1.64. The molecule has 0 spiro atoms. The van der Waals surface area contributed by atoms with Gasteiger partial charge in [-0.1, -0.05) is 11.2 Å². The fraction of sp³-hybridized carbons (Fsp3) is 0.200. The van der Waals surface area contributed by atoms with Crippen LogP contribution in [0.3, 0.4) is 0 Å². The summed E-state index contributed by atoms with van der Waals surface area (Å²) in [6.45, 7) is 1.98. The highest BCUT2D eigenvalue weighted by Crippen LogP contribution is 2.28. The van der Waals surface area contributed by atoms with Crippen molar-refractivity contribution in [1.82, 2.24) is 15.1 Å². The summed E-state index contributed by atoms with van der Waals surface area (Å²) in [5, 5.41) is 7.33. The molecule has 2 aromatic heterocycles. The molecule has 23 heavy (non-hydrogen) atoms. The van der Waals surface area contributed by atoms with Crippen molar-refractivity contribution < 1.29 is 14.1 Å². The first-order chi connectivity index (χ1) is 11.2. The van der Waals surface area contributed by atoms with Crippen molar-refractivity contribution in [2.75, 3.05) is 18.2 Å². The predicted octanol–water partition coefficient (Wildman–Crippen LogP) is 3.26. The molecule has 2 heterocycles. The van der Waals surface area contributed by atoms with Crippen LogP contribution in [0.5, 0.6) is 0 Å². The Hall–Kier alpha value is -2.61. The molecule has 1 N–H and O–H groups in total. The number of rotatable bonds is 5. The van der Waals surface area contributed by atoms with Crippen LogP contribution in [-0.4, -0.2) is 34.0 Å². The van der Waals surface area contributed by atoms with E-state index in [4.69, 9.17) is 9.26 Å². The minimum absolute atomic E-state index is 0.0611. The average Bonchev–Trinajstić information content (AvgIpc) is 3.00. The highest BCUT2D eigenvalue weighted by Gasteiger charge is 2.22. The van der Waals surface area contributed by atoms with Crippen molar-refractivity contribution in [3.8, 4) is 0 Å². The fourth-order valence-electron chi connectivity index (χ4n) is 2.06. The van der Waals surface area contributed by atoms with Gasteiger partial charge in [0, 0.05) is 10.6 Å². The van der Waals surface area contributed by atoms with Crippen LogP contribution in [0.1, 0.15) is 17.4 Å². The zero-order valence-corrected chi connectivity index (χ0v) is 13.4. The molecule has 0 aliphatic heterocycles. The Morgan fingerprint density at radius 1 is 1.39 bits per heavy atom. The van der Waals surface area contributed by atoms with Crippen LogP contribution < -0.4 is 5.32 Å². The van der Waals surface area contributed by atoms with Gasteiger partial charge in [-0.25, -0.2) is 9.78 Å². The number of aromatic nitrogens is 3. The Balaban J connectivity index is 2.03. The Morgan fingerprint density at radius 3 is 3.04 bits per heavy atom. The van der Waals surface area contributed by atoms with Crippen molar-refractivity contribution >= 4 is 40.3 Å². The van der Waals surface area contributed by atoms with Crippen molar-refractivity contribution in [1.29, 1.82) is 0 Å². The summed E-state index contributed by atoms with van der Waals surface area (Å²) in [4.78, 5) is 21.3. The van der Waals surface area contributed by atoms with Gasteiger partial charge in [0.2, 0.25) is 5.69 Å². The number of esters is 1. The zero-order chi connectivity index (χ0) is 16.2. The number of benzene rings is 1. The molecule has 3 aromatic rings. The lowest BCUT2D eigenvalue weighted by molar-refractivity contribution is 0.0517. The first-order valence-electron chi connectivity index (χ1n) is 6.91. The summed E-state index contributed by atoms with van der Waals surface area (Å²) in [5.74, 6) is -0.125. The molecule has 0 amide bonds. The lowest BCUT2D eigenvalue weighted by Crippen LogP contribution is -2.06. The third-order valence-electron chi connectivity index (χ3n) is 3.07. The van der Waals surface area contributed by atoms with Gasteiger partial charge >= 0.3 is 5.97 Å². The monoisotopic (exact) mass is 330 g/mol. The summed E-state index contributed by atoms with van der Waals surface area (Å²) in [6, 6.07) is 7.84. The summed E-state index contributed by atoms with van der Waals surface area (Å²) in [6.07, 6.45) is 3.35. The van der Waals surface area contributed by atoms with Crippen LogP contribution in [0.25, 0.3) is 11.1 Å². The highest BCUT2D eigenvalue weighted by molar-refractivity contribution is 7.98. The Morgan fingerprint density at radius 2 is 2.26 bits per heavy atom. The number of nitrogens with zero attached hydrogens (tertiary/aromatic N) is 3. The molecule has 0 radical (unpaired) electrons. The van der Waals surface area contributed by atoms with Gasteiger partial charge in [0.1, 0.15) is 17.5 Å². The summed E-state index contributed by atoms with van der Waals surface area (Å²) < 4.78 is 10.1. The van der Waals surface area contributed by atoms with Gasteiger partial charge in [0.05, 0.1) is 6.61 Å². The molecular weight excluding hydrogens is 316 g/mol. The minimum Gasteiger partial charge on any atom is -0.461 e. The van der Waals surface area contributed by atoms with Crippen LogP contribution in [0.4, 0.5) is 11.5 Å². The number of carbonyl (C=O) groups is 1. The van der Waals surface area contributed by atoms with E-state index in [0.29, 0.717) is 11.2 Å². The third-order valence-corrected chi connectivity index (χ3v) is 3.80. The van der Waals surface area contributed by atoms with Gasteiger partial charge in [-0.2, -0.15) is 4.98 Å². The smallest absolute Gasteiger partial charge is 0.361 e. The second kappa shape index (κ2) is 6.66. The van der Waals surface area contributed by atoms with E-state index in [1.807, 2.05) is 30.5 Å². The predicted molar refractivity (Wildman–Crippen MR) is 87.1 cm³/mol. The first-order valence-corrected chi connectivity index (χ1v) is 8.14. The first kappa shape index (κ1) is 15.3. The maximum atomic E-state index is 12.0. The average molecular weight is 330 g/mol. The van der Waals surface area contributed by atoms with Gasteiger partial charge in [-0.15, -0.1) is 11.8 Å². The van der Waals surface area contributed by atoms with Gasteiger partial charge in [-0.3, -0.25) is 0 Å². The van der Waals surface area contributed by atoms with Crippen molar-refractivity contribution in [2.45, 2.75) is 11.8 Å². The van der Waals surface area contributed by atoms with Gasteiger partial charge < -0.3 is 14.6 Å². The third kappa shape index (κ3) is 3.11. The maximum Gasteiger partial charge on any atom is 0.361 e. The molecule has 0 atom stereocenters. The van der Waals surface area contributed by atoms with E-state index in [9.17, 15) is 4.79 Å². The number of ether oxygens (including phenoxy) is 1. The van der Waals surface area contributed by atoms with E-state index >= 15 is 0 Å². The van der Waals surface area contributed by atoms with E-state index in [2.05, 4.69) is 20.4 Å². The maximum absolute atomic E-state index is 12.0. The van der Waals surface area contributed by atoms with E-state index in [1.165, 1.54) is 6.33 Å². The SMILES string of the molecule is CCOC(=O)c1noc2ncnc(Nc3cccc(SC)c3)c12. The largest absolute Gasteiger partial charge is 0.461 e. The molecule has 118 valence electrons. The van der Waals surface area contributed by atoms with E-state index in [-0.39, 0.29) is 18.0 Å². The van der Waals surface area contributed by atoms with Crippen LogP contribution in [0.2, 0.25) is 0 Å². The lowest BCUT2D eigenvalue weighted by atomic mass is 10.2. The zero-order valence-electron chi connectivity index (χ0n) is 12.6. The molecule has 1 aromatic carbocycles. The topological polar surface area (TPSA) is 90.1 Å². The molecule has 0 fully saturated rings. The van der Waals surface area contributed by atoms with Gasteiger partial charge in [0.15, 0.2) is 0 Å². The van der Waals surface area contributed by atoms with Crippen LogP contribution in [0, 0.1) is 0 Å². The number of thioether (sulfide) groups is 1. The summed E-state index contributed by atoms with van der Waals surface area (Å²) in [7, 11) is 0. The molecule has 0 saturated heterocycles. The Labute approximate surface area is 136 Å². The van der Waals surface area contributed by atoms with Crippen LogP contribution in [0.15, 0.2) is 40.0 Å². The lowest BCUT2D eigenvalue weighted by Gasteiger charge is -2.07. The molecule has 0 bridgehead atoms. The van der Waals surface area contributed by atoms with Crippen molar-refractivity contribution in [3.63, 3.8) is 0 Å². The van der Waals surface area contributed by atoms with Crippen molar-refractivity contribution in [2.24, 2.45) is 0 Å². The number of carbonyl (C=O) groups excluding carboxylic acids is 1. The quantitative estimate of drug-likeness (QED) is 0.563. The molecule has 0 unspecified atom stereocenters. The number of hydrogen-bond acceptors (Lipinski definition) is 8. The van der Waals surface area contributed by atoms with Gasteiger partial charge in [-0.05, 0) is 31.4 Å². The summed E-state index contributed by atoms with van der Waals surface area (Å²) in [5.41, 5.74) is 1.13.